The number of aromatic amines is 1. The Balaban J connectivity index is 1.51. The number of carbonyl (C=O) groups is 1. The monoisotopic (exact) mass is 399 g/mol. The summed E-state index contributed by atoms with van der Waals surface area (Å²) in [6.07, 6.45) is 1.45. The normalized spacial score (nSPS) is 14.1. The molecule has 0 saturated heterocycles. The molecule has 1 aromatic carbocycles. The lowest BCUT2D eigenvalue weighted by atomic mass is 10.0. The lowest BCUT2D eigenvalue weighted by molar-refractivity contribution is -0.132. The third kappa shape index (κ3) is 2.91. The first-order valence-electron chi connectivity index (χ1n) is 8.73. The Morgan fingerprint density at radius 2 is 1.96 bits per heavy atom. The van der Waals surface area contributed by atoms with E-state index in [0.717, 1.165) is 29.5 Å². The van der Waals surface area contributed by atoms with Gasteiger partial charge in [-0.3, -0.25) is 4.79 Å². The molecule has 2 aromatic heterocycles. The standard InChI is InChI=1S/C20H22BrN3O/c1-13-6-7-14(2)24(13)11-9-19(25)23-10-8-18-16(12-23)15-4-3-5-17(21)20(15)22-18/h3-7,22H,8-12H2,1-2H3. The molecule has 0 aliphatic carbocycles. The zero-order valence-electron chi connectivity index (χ0n) is 14.6. The molecular weight excluding hydrogens is 378 g/mol. The summed E-state index contributed by atoms with van der Waals surface area (Å²) >= 11 is 3.61. The Morgan fingerprint density at radius 1 is 1.20 bits per heavy atom. The fraction of sp³-hybridized carbons (Fsp3) is 0.350. The largest absolute Gasteiger partial charge is 0.357 e. The number of aryl methyl sites for hydroxylation is 2. The molecule has 25 heavy (non-hydrogen) atoms. The molecule has 0 unspecified atom stereocenters. The van der Waals surface area contributed by atoms with Crippen LogP contribution in [0.3, 0.4) is 0 Å². The summed E-state index contributed by atoms with van der Waals surface area (Å²) in [6.45, 7) is 6.43. The van der Waals surface area contributed by atoms with Crippen LogP contribution >= 0.6 is 15.9 Å². The van der Waals surface area contributed by atoms with Crippen molar-refractivity contribution in [3.63, 3.8) is 0 Å². The lowest BCUT2D eigenvalue weighted by Gasteiger charge is -2.27. The summed E-state index contributed by atoms with van der Waals surface area (Å²) in [5.74, 6) is 0.238. The quantitative estimate of drug-likeness (QED) is 0.699. The minimum atomic E-state index is 0.238. The third-order valence-corrected chi connectivity index (χ3v) is 5.94. The molecule has 0 saturated carbocycles. The van der Waals surface area contributed by atoms with Crippen molar-refractivity contribution in [1.82, 2.24) is 14.5 Å². The number of carbonyl (C=O) groups excluding carboxylic acids is 1. The van der Waals surface area contributed by atoms with E-state index in [1.54, 1.807) is 0 Å². The van der Waals surface area contributed by atoms with Crippen LogP contribution in [0.4, 0.5) is 0 Å². The Kier molecular flexibility index (Phi) is 4.20. The highest BCUT2D eigenvalue weighted by molar-refractivity contribution is 9.10. The van der Waals surface area contributed by atoms with E-state index in [9.17, 15) is 4.79 Å². The van der Waals surface area contributed by atoms with Crippen molar-refractivity contribution in [2.45, 2.75) is 39.8 Å². The van der Waals surface area contributed by atoms with Crippen molar-refractivity contribution in [3.05, 3.63) is 57.4 Å². The second-order valence-corrected chi connectivity index (χ2v) is 7.68. The van der Waals surface area contributed by atoms with Gasteiger partial charge in [0, 0.05) is 65.0 Å². The van der Waals surface area contributed by atoms with Gasteiger partial charge in [-0.05, 0) is 48.0 Å². The predicted molar refractivity (Wildman–Crippen MR) is 104 cm³/mol. The Hall–Kier alpha value is -2.01. The van der Waals surface area contributed by atoms with Crippen LogP contribution in [0.15, 0.2) is 34.8 Å². The number of nitrogens with one attached hydrogen (secondary N) is 1. The van der Waals surface area contributed by atoms with Crippen molar-refractivity contribution in [3.8, 4) is 0 Å². The molecule has 1 aliphatic heterocycles. The van der Waals surface area contributed by atoms with E-state index in [4.69, 9.17) is 0 Å². The van der Waals surface area contributed by atoms with Gasteiger partial charge in [0.1, 0.15) is 0 Å². The number of hydrogen-bond donors (Lipinski definition) is 1. The third-order valence-electron chi connectivity index (χ3n) is 5.28. The van der Waals surface area contributed by atoms with E-state index in [2.05, 4.69) is 69.7 Å². The number of halogens is 1. The average Bonchev–Trinajstić information content (AvgIpc) is 3.14. The van der Waals surface area contributed by atoms with Crippen LogP contribution in [-0.4, -0.2) is 26.9 Å². The fourth-order valence-electron chi connectivity index (χ4n) is 3.83. The number of fused-ring (bicyclic) bond motifs is 3. The van der Waals surface area contributed by atoms with Crippen molar-refractivity contribution in [2.75, 3.05) is 6.54 Å². The number of benzene rings is 1. The molecule has 5 heteroatoms. The van der Waals surface area contributed by atoms with Crippen LogP contribution in [0.5, 0.6) is 0 Å². The van der Waals surface area contributed by atoms with Gasteiger partial charge in [-0.25, -0.2) is 0 Å². The van der Waals surface area contributed by atoms with E-state index in [-0.39, 0.29) is 5.91 Å². The van der Waals surface area contributed by atoms with Gasteiger partial charge in [0.25, 0.3) is 0 Å². The maximum absolute atomic E-state index is 12.7. The molecule has 4 rings (SSSR count). The van der Waals surface area contributed by atoms with Crippen LogP contribution in [0.25, 0.3) is 10.9 Å². The molecule has 4 nitrogen and oxygen atoms in total. The second kappa shape index (κ2) is 6.37. The number of amides is 1. The van der Waals surface area contributed by atoms with Crippen molar-refractivity contribution >= 4 is 32.7 Å². The van der Waals surface area contributed by atoms with Crippen molar-refractivity contribution < 1.29 is 4.79 Å². The summed E-state index contributed by atoms with van der Waals surface area (Å²) < 4.78 is 3.30. The molecule has 0 fully saturated rings. The number of nitrogens with zero attached hydrogens (tertiary/aromatic N) is 2. The lowest BCUT2D eigenvalue weighted by Crippen LogP contribution is -2.36. The second-order valence-electron chi connectivity index (χ2n) is 6.83. The van der Waals surface area contributed by atoms with Gasteiger partial charge in [0.05, 0.1) is 5.52 Å². The van der Waals surface area contributed by atoms with Crippen LogP contribution in [0.2, 0.25) is 0 Å². The van der Waals surface area contributed by atoms with E-state index >= 15 is 0 Å². The molecule has 0 bridgehead atoms. The highest BCUT2D eigenvalue weighted by Gasteiger charge is 2.24. The van der Waals surface area contributed by atoms with Gasteiger partial charge in [0.2, 0.25) is 5.91 Å². The molecule has 1 N–H and O–H groups in total. The molecular formula is C20H22BrN3O. The Morgan fingerprint density at radius 3 is 2.72 bits per heavy atom. The first-order valence-corrected chi connectivity index (χ1v) is 9.52. The molecule has 0 atom stereocenters. The van der Waals surface area contributed by atoms with Gasteiger partial charge in [-0.2, -0.15) is 0 Å². The molecule has 0 spiro atoms. The van der Waals surface area contributed by atoms with Crippen LogP contribution in [0, 0.1) is 13.8 Å². The number of rotatable bonds is 3. The summed E-state index contributed by atoms with van der Waals surface area (Å²) in [5, 5.41) is 1.22. The highest BCUT2D eigenvalue weighted by atomic mass is 79.9. The fourth-order valence-corrected chi connectivity index (χ4v) is 4.30. The first-order chi connectivity index (χ1) is 12.0. The topological polar surface area (TPSA) is 41.0 Å². The number of hydrogen-bond acceptors (Lipinski definition) is 1. The van der Waals surface area contributed by atoms with Gasteiger partial charge in [0.15, 0.2) is 0 Å². The van der Waals surface area contributed by atoms with Crippen LogP contribution in [-0.2, 0) is 24.3 Å². The summed E-state index contributed by atoms with van der Waals surface area (Å²) in [7, 11) is 0. The first kappa shape index (κ1) is 16.5. The van der Waals surface area contributed by atoms with Crippen LogP contribution < -0.4 is 0 Å². The Labute approximate surface area is 156 Å². The highest BCUT2D eigenvalue weighted by Crippen LogP contribution is 2.32. The van der Waals surface area contributed by atoms with Gasteiger partial charge < -0.3 is 14.5 Å². The molecule has 1 aliphatic rings. The number of H-pyrrole nitrogens is 1. The minimum absolute atomic E-state index is 0.238. The SMILES string of the molecule is Cc1ccc(C)n1CCC(=O)N1CCc2[nH]c3c(Br)cccc3c2C1. The summed E-state index contributed by atoms with van der Waals surface area (Å²) in [6, 6.07) is 10.5. The molecule has 3 heterocycles. The number of para-hydroxylation sites is 1. The van der Waals surface area contributed by atoms with E-state index in [0.29, 0.717) is 13.0 Å². The maximum atomic E-state index is 12.7. The van der Waals surface area contributed by atoms with E-state index < -0.39 is 0 Å². The molecule has 3 aromatic rings. The zero-order chi connectivity index (χ0) is 17.6. The average molecular weight is 400 g/mol. The molecule has 130 valence electrons. The van der Waals surface area contributed by atoms with Gasteiger partial charge in [-0.1, -0.05) is 12.1 Å². The predicted octanol–water partition coefficient (Wildman–Crippen LogP) is 4.32. The number of aromatic nitrogens is 2. The van der Waals surface area contributed by atoms with Crippen molar-refractivity contribution in [2.24, 2.45) is 0 Å². The van der Waals surface area contributed by atoms with Crippen molar-refractivity contribution in [1.29, 1.82) is 0 Å². The zero-order valence-corrected chi connectivity index (χ0v) is 16.2. The van der Waals surface area contributed by atoms with E-state index in [1.807, 2.05) is 4.90 Å². The van der Waals surface area contributed by atoms with Gasteiger partial charge >= 0.3 is 0 Å². The van der Waals surface area contributed by atoms with E-state index in [1.165, 1.54) is 28.0 Å². The molecule has 0 radical (unpaired) electrons. The Bertz CT molecular complexity index is 934. The minimum Gasteiger partial charge on any atom is -0.357 e. The van der Waals surface area contributed by atoms with Gasteiger partial charge in [-0.15, -0.1) is 0 Å². The smallest absolute Gasteiger partial charge is 0.224 e. The van der Waals surface area contributed by atoms with Crippen LogP contribution in [0.1, 0.15) is 29.1 Å². The summed E-state index contributed by atoms with van der Waals surface area (Å²) in [4.78, 5) is 18.3. The summed E-state index contributed by atoms with van der Waals surface area (Å²) in [5.41, 5.74) is 6.10. The molecule has 1 amide bonds. The maximum Gasteiger partial charge on any atom is 0.224 e.